The van der Waals surface area contributed by atoms with E-state index in [1.54, 1.807) is 0 Å². The number of aryl methyl sites for hydroxylation is 1. The minimum atomic E-state index is -0.833. The maximum Gasteiger partial charge on any atom is 0.300 e. The lowest BCUT2D eigenvalue weighted by Crippen LogP contribution is -2.25. The summed E-state index contributed by atoms with van der Waals surface area (Å²) in [4.78, 5) is 21.6. The van der Waals surface area contributed by atoms with Gasteiger partial charge in [-0.15, -0.1) is 0 Å². The Hall–Kier alpha value is -1.72. The highest BCUT2D eigenvalue weighted by Crippen LogP contribution is 2.30. The largest absolute Gasteiger partial charge is 0.481 e. The van der Waals surface area contributed by atoms with Crippen LogP contribution in [0.2, 0.25) is 0 Å². The molecule has 0 aliphatic heterocycles. The highest BCUT2D eigenvalue weighted by atomic mass is 16.4. The van der Waals surface area contributed by atoms with Crippen LogP contribution in [0.25, 0.3) is 0 Å². The number of carbonyl (C=O) groups excluding carboxylic acids is 1. The molecule has 0 spiro atoms. The van der Waals surface area contributed by atoms with Gasteiger partial charge in [0, 0.05) is 25.0 Å². The SMILES string of the molecule is CC(=O)O.NCC1CCC(C(=O)c2ccc(CCCCCCO)cc2)CC1. The van der Waals surface area contributed by atoms with Crippen LogP contribution >= 0.6 is 0 Å². The lowest BCUT2D eigenvalue weighted by molar-refractivity contribution is -0.134. The third-order valence-electron chi connectivity index (χ3n) is 5.16. The van der Waals surface area contributed by atoms with Crippen LogP contribution in [0, 0.1) is 11.8 Å². The van der Waals surface area contributed by atoms with Crippen molar-refractivity contribution in [3.05, 3.63) is 35.4 Å². The number of carboxylic acid groups (broad SMARTS) is 1. The summed E-state index contributed by atoms with van der Waals surface area (Å²) >= 11 is 0. The van der Waals surface area contributed by atoms with E-state index in [9.17, 15) is 4.79 Å². The lowest BCUT2D eigenvalue weighted by Gasteiger charge is -2.26. The third-order valence-corrected chi connectivity index (χ3v) is 5.16. The van der Waals surface area contributed by atoms with E-state index < -0.39 is 5.97 Å². The molecular weight excluding hydrogens is 342 g/mol. The van der Waals surface area contributed by atoms with E-state index in [2.05, 4.69) is 12.1 Å². The molecule has 152 valence electrons. The average Bonchev–Trinajstić information content (AvgIpc) is 2.67. The van der Waals surface area contributed by atoms with Gasteiger partial charge in [0.25, 0.3) is 5.97 Å². The summed E-state index contributed by atoms with van der Waals surface area (Å²) in [6, 6.07) is 8.20. The van der Waals surface area contributed by atoms with Crippen molar-refractivity contribution in [1.29, 1.82) is 0 Å². The van der Waals surface area contributed by atoms with E-state index >= 15 is 0 Å². The van der Waals surface area contributed by atoms with Crippen molar-refractivity contribution in [2.24, 2.45) is 17.6 Å². The first-order valence-corrected chi connectivity index (χ1v) is 10.1. The van der Waals surface area contributed by atoms with E-state index in [-0.39, 0.29) is 5.92 Å². The monoisotopic (exact) mass is 377 g/mol. The van der Waals surface area contributed by atoms with Gasteiger partial charge in [-0.1, -0.05) is 37.1 Å². The number of carbonyl (C=O) groups is 2. The summed E-state index contributed by atoms with van der Waals surface area (Å²) in [6.45, 7) is 2.14. The highest BCUT2D eigenvalue weighted by Gasteiger charge is 2.26. The van der Waals surface area contributed by atoms with E-state index in [0.29, 0.717) is 18.3 Å². The van der Waals surface area contributed by atoms with E-state index in [1.807, 2.05) is 12.1 Å². The first-order valence-electron chi connectivity index (χ1n) is 10.1. The van der Waals surface area contributed by atoms with Gasteiger partial charge in [0.2, 0.25) is 0 Å². The Morgan fingerprint density at radius 2 is 1.56 bits per heavy atom. The van der Waals surface area contributed by atoms with Gasteiger partial charge in [0.15, 0.2) is 5.78 Å². The number of hydrogen-bond acceptors (Lipinski definition) is 4. The Morgan fingerprint density at radius 3 is 2.07 bits per heavy atom. The van der Waals surface area contributed by atoms with Crippen molar-refractivity contribution in [3.8, 4) is 0 Å². The predicted molar refractivity (Wildman–Crippen MR) is 108 cm³/mol. The van der Waals surface area contributed by atoms with E-state index in [1.165, 1.54) is 5.56 Å². The van der Waals surface area contributed by atoms with Gasteiger partial charge in [0.1, 0.15) is 0 Å². The number of nitrogens with two attached hydrogens (primary N) is 1. The Labute approximate surface area is 163 Å². The Balaban J connectivity index is 0.000000828. The zero-order valence-corrected chi connectivity index (χ0v) is 16.5. The van der Waals surface area contributed by atoms with Crippen molar-refractivity contribution in [3.63, 3.8) is 0 Å². The number of aliphatic carboxylic acids is 1. The predicted octanol–water partition coefficient (Wildman–Crippen LogP) is 3.82. The van der Waals surface area contributed by atoms with E-state index in [4.69, 9.17) is 20.7 Å². The summed E-state index contributed by atoms with van der Waals surface area (Å²) in [5.74, 6) is 0.296. The number of Topliss-reactive ketones (excluding diaryl/α,β-unsaturated/α-hetero) is 1. The molecule has 0 bridgehead atoms. The molecule has 27 heavy (non-hydrogen) atoms. The normalized spacial score (nSPS) is 19.1. The third kappa shape index (κ3) is 9.68. The van der Waals surface area contributed by atoms with Crippen LogP contribution in [0.3, 0.4) is 0 Å². The number of unbranched alkanes of at least 4 members (excludes halogenated alkanes) is 3. The first-order chi connectivity index (χ1) is 13.0. The van der Waals surface area contributed by atoms with Gasteiger partial charge in [-0.3, -0.25) is 9.59 Å². The van der Waals surface area contributed by atoms with Crippen molar-refractivity contribution in [2.45, 2.75) is 64.7 Å². The number of rotatable bonds is 9. The summed E-state index contributed by atoms with van der Waals surface area (Å²) in [7, 11) is 0. The minimum Gasteiger partial charge on any atom is -0.481 e. The first kappa shape index (κ1) is 23.3. The van der Waals surface area contributed by atoms with Crippen molar-refractivity contribution < 1.29 is 19.8 Å². The average molecular weight is 378 g/mol. The topological polar surface area (TPSA) is 101 Å². The molecule has 0 amide bonds. The van der Waals surface area contributed by atoms with Gasteiger partial charge in [0.05, 0.1) is 0 Å². The number of carboxylic acids is 1. The number of benzene rings is 1. The van der Waals surface area contributed by atoms with Crippen LogP contribution < -0.4 is 5.73 Å². The van der Waals surface area contributed by atoms with Crippen LogP contribution in [-0.2, 0) is 11.2 Å². The Morgan fingerprint density at radius 1 is 1.00 bits per heavy atom. The molecule has 1 aliphatic carbocycles. The second-order valence-electron chi connectivity index (χ2n) is 7.42. The summed E-state index contributed by atoms with van der Waals surface area (Å²) < 4.78 is 0. The second-order valence-corrected chi connectivity index (χ2v) is 7.42. The molecule has 2 rings (SSSR count). The molecule has 0 saturated heterocycles. The van der Waals surface area contributed by atoms with E-state index in [0.717, 1.165) is 76.8 Å². The van der Waals surface area contributed by atoms with Gasteiger partial charge in [-0.25, -0.2) is 0 Å². The quantitative estimate of drug-likeness (QED) is 0.449. The number of hydrogen-bond donors (Lipinski definition) is 3. The smallest absolute Gasteiger partial charge is 0.300 e. The summed E-state index contributed by atoms with van der Waals surface area (Å²) in [5.41, 5.74) is 7.89. The number of aliphatic hydroxyl groups is 1. The fourth-order valence-corrected chi connectivity index (χ4v) is 3.53. The summed E-state index contributed by atoms with van der Waals surface area (Å²) in [5, 5.41) is 16.2. The zero-order chi connectivity index (χ0) is 20.1. The van der Waals surface area contributed by atoms with Crippen LogP contribution in [0.4, 0.5) is 0 Å². The van der Waals surface area contributed by atoms with Crippen LogP contribution in [0.1, 0.15) is 74.2 Å². The van der Waals surface area contributed by atoms with Gasteiger partial charge in [-0.2, -0.15) is 0 Å². The number of aliphatic hydroxyl groups excluding tert-OH is 1. The second kappa shape index (κ2) is 13.4. The Kier molecular flexibility index (Phi) is 11.6. The zero-order valence-electron chi connectivity index (χ0n) is 16.5. The van der Waals surface area contributed by atoms with Gasteiger partial charge in [-0.05, 0) is 63.0 Å². The molecule has 0 aromatic heterocycles. The van der Waals surface area contributed by atoms with Crippen LogP contribution in [0.5, 0.6) is 0 Å². The molecule has 1 aliphatic rings. The molecule has 0 heterocycles. The molecule has 0 unspecified atom stereocenters. The molecule has 5 nitrogen and oxygen atoms in total. The van der Waals surface area contributed by atoms with Gasteiger partial charge < -0.3 is 15.9 Å². The highest BCUT2D eigenvalue weighted by molar-refractivity contribution is 5.97. The maximum atomic E-state index is 12.6. The van der Waals surface area contributed by atoms with Crippen LogP contribution in [0.15, 0.2) is 24.3 Å². The van der Waals surface area contributed by atoms with Crippen molar-refractivity contribution in [1.82, 2.24) is 0 Å². The summed E-state index contributed by atoms with van der Waals surface area (Å²) in [6.07, 6.45) is 9.54. The maximum absolute atomic E-state index is 12.6. The standard InChI is InChI=1S/C20H31NO2.C2H4O2/c21-15-17-8-12-19(13-9-17)20(23)18-10-6-16(7-11-18)5-3-1-2-4-14-22;1-2(3)4/h6-7,10-11,17,19,22H,1-5,8-9,12-15,21H2;1H3,(H,3,4). The van der Waals surface area contributed by atoms with Crippen molar-refractivity contribution in [2.75, 3.05) is 13.2 Å². The molecule has 1 aromatic rings. The molecule has 1 fully saturated rings. The molecule has 0 radical (unpaired) electrons. The fraction of sp³-hybridized carbons (Fsp3) is 0.636. The lowest BCUT2D eigenvalue weighted by atomic mass is 9.78. The molecule has 1 saturated carbocycles. The molecule has 4 N–H and O–H groups in total. The molecule has 0 atom stereocenters. The minimum absolute atomic E-state index is 0.196. The Bertz CT molecular complexity index is 544. The molecular formula is C22H35NO4. The molecule has 1 aromatic carbocycles. The van der Waals surface area contributed by atoms with Crippen LogP contribution in [-0.4, -0.2) is 35.1 Å². The van der Waals surface area contributed by atoms with Gasteiger partial charge >= 0.3 is 0 Å². The molecule has 5 heteroatoms. The number of ketones is 1. The van der Waals surface area contributed by atoms with Crippen molar-refractivity contribution >= 4 is 11.8 Å². The fourth-order valence-electron chi connectivity index (χ4n) is 3.53.